The highest BCUT2D eigenvalue weighted by atomic mass is 127. The van der Waals surface area contributed by atoms with E-state index in [-0.39, 0.29) is 5.69 Å². The molecule has 0 aliphatic rings. The van der Waals surface area contributed by atoms with Crippen molar-refractivity contribution in [2.75, 3.05) is 11.1 Å². The van der Waals surface area contributed by atoms with Crippen LogP contribution in [0.2, 0.25) is 0 Å². The average Bonchev–Trinajstić information content (AvgIpc) is 2.53. The van der Waals surface area contributed by atoms with E-state index in [1.54, 1.807) is 32.0 Å². The number of thioether (sulfide) groups is 1. The number of benzene rings is 2. The van der Waals surface area contributed by atoms with Crippen molar-refractivity contribution in [2.45, 2.75) is 30.8 Å². The number of hydrogen-bond donors (Lipinski definition) is 2. The molecule has 0 bridgehead atoms. The SMILES string of the molecule is CC(C)(O)CCSc1cc(C(=O)Nc2cc(F)c(F)c(F)c2)ccc1I. The number of nitrogens with one attached hydrogen (secondary N) is 1. The lowest BCUT2D eigenvalue weighted by molar-refractivity contribution is 0.0777. The van der Waals surface area contributed by atoms with Gasteiger partial charge < -0.3 is 10.4 Å². The molecule has 2 rings (SSSR count). The zero-order valence-corrected chi connectivity index (χ0v) is 17.1. The van der Waals surface area contributed by atoms with Gasteiger partial charge in [-0.25, -0.2) is 13.2 Å². The summed E-state index contributed by atoms with van der Waals surface area (Å²) in [6.45, 7) is 3.45. The minimum atomic E-state index is -1.58. The Morgan fingerprint density at radius 1 is 1.19 bits per heavy atom. The summed E-state index contributed by atoms with van der Waals surface area (Å²) in [5.74, 6) is -4.21. The normalized spacial score (nSPS) is 11.5. The Kier molecular flexibility index (Phi) is 6.98. The molecule has 0 unspecified atom stereocenters. The Balaban J connectivity index is 2.13. The van der Waals surface area contributed by atoms with Gasteiger partial charge in [-0.1, -0.05) is 0 Å². The summed E-state index contributed by atoms with van der Waals surface area (Å²) in [5.41, 5.74) is -0.632. The maximum absolute atomic E-state index is 13.3. The smallest absolute Gasteiger partial charge is 0.255 e. The quantitative estimate of drug-likeness (QED) is 0.329. The van der Waals surface area contributed by atoms with Crippen LogP contribution in [0.5, 0.6) is 0 Å². The Bertz CT molecular complexity index is 802. The van der Waals surface area contributed by atoms with Crippen molar-refractivity contribution in [2.24, 2.45) is 0 Å². The molecule has 3 nitrogen and oxygen atoms in total. The fourth-order valence-corrected chi connectivity index (χ4v) is 4.04. The van der Waals surface area contributed by atoms with Crippen molar-refractivity contribution in [3.8, 4) is 0 Å². The third-order valence-corrected chi connectivity index (χ3v) is 5.77. The van der Waals surface area contributed by atoms with Crippen molar-refractivity contribution < 1.29 is 23.1 Å². The topological polar surface area (TPSA) is 49.3 Å². The minimum Gasteiger partial charge on any atom is -0.390 e. The van der Waals surface area contributed by atoms with Crippen LogP contribution in [-0.4, -0.2) is 22.4 Å². The molecule has 0 atom stereocenters. The number of carbonyl (C=O) groups excluding carboxylic acids is 1. The number of anilines is 1. The highest BCUT2D eigenvalue weighted by Crippen LogP contribution is 2.28. The lowest BCUT2D eigenvalue weighted by atomic mass is 10.1. The van der Waals surface area contributed by atoms with Crippen LogP contribution < -0.4 is 5.32 Å². The average molecular weight is 495 g/mol. The highest BCUT2D eigenvalue weighted by molar-refractivity contribution is 14.1. The number of rotatable bonds is 6. The van der Waals surface area contributed by atoms with E-state index >= 15 is 0 Å². The van der Waals surface area contributed by atoms with E-state index in [0.717, 1.165) is 20.6 Å². The molecule has 0 radical (unpaired) electrons. The molecular formula is C18H17F3INO2S. The highest BCUT2D eigenvalue weighted by Gasteiger charge is 2.15. The molecule has 0 aromatic heterocycles. The van der Waals surface area contributed by atoms with Gasteiger partial charge in [0.05, 0.1) is 5.60 Å². The molecule has 0 saturated heterocycles. The van der Waals surface area contributed by atoms with E-state index in [9.17, 15) is 23.1 Å². The molecule has 0 aliphatic carbocycles. The number of halogens is 4. The van der Waals surface area contributed by atoms with Crippen LogP contribution in [-0.2, 0) is 0 Å². The first-order valence-electron chi connectivity index (χ1n) is 7.67. The van der Waals surface area contributed by atoms with Crippen molar-refractivity contribution in [1.29, 1.82) is 0 Å². The maximum Gasteiger partial charge on any atom is 0.255 e. The third kappa shape index (κ3) is 5.88. The predicted octanol–water partition coefficient (Wildman–Crippen LogP) is 5.21. The molecule has 0 heterocycles. The number of amides is 1. The van der Waals surface area contributed by atoms with Crippen molar-refractivity contribution in [3.63, 3.8) is 0 Å². The molecule has 1 amide bonds. The monoisotopic (exact) mass is 495 g/mol. The van der Waals surface area contributed by atoms with Gasteiger partial charge in [0, 0.05) is 37.6 Å². The molecule has 0 fully saturated rings. The summed E-state index contributed by atoms with van der Waals surface area (Å²) < 4.78 is 40.4. The zero-order valence-electron chi connectivity index (χ0n) is 14.1. The third-order valence-electron chi connectivity index (χ3n) is 3.41. The molecule has 0 spiro atoms. The Hall–Kier alpha value is -1.26. The summed E-state index contributed by atoms with van der Waals surface area (Å²) in [6.07, 6.45) is 0.582. The van der Waals surface area contributed by atoms with Gasteiger partial charge in [-0.15, -0.1) is 11.8 Å². The molecular weight excluding hydrogens is 478 g/mol. The Labute approximate surface area is 167 Å². The standard InChI is InChI=1S/C18H17F3INO2S/c1-18(2,25)5-6-26-15-7-10(3-4-14(15)22)17(24)23-11-8-12(19)16(21)13(20)9-11/h3-4,7-9,25H,5-6H2,1-2H3,(H,23,24). The molecule has 0 saturated carbocycles. The van der Waals surface area contributed by atoms with Crippen LogP contribution in [0.15, 0.2) is 35.2 Å². The number of carbonyl (C=O) groups is 1. The lowest BCUT2D eigenvalue weighted by Crippen LogP contribution is -2.19. The first-order chi connectivity index (χ1) is 12.1. The van der Waals surface area contributed by atoms with Crippen molar-refractivity contribution >= 4 is 45.9 Å². The summed E-state index contributed by atoms with van der Waals surface area (Å²) >= 11 is 3.64. The summed E-state index contributed by atoms with van der Waals surface area (Å²) in [7, 11) is 0. The van der Waals surface area contributed by atoms with E-state index in [1.807, 2.05) is 0 Å². The van der Waals surface area contributed by atoms with Crippen LogP contribution >= 0.6 is 34.4 Å². The van der Waals surface area contributed by atoms with E-state index in [0.29, 0.717) is 17.7 Å². The largest absolute Gasteiger partial charge is 0.390 e. The fraction of sp³-hybridized carbons (Fsp3) is 0.278. The molecule has 140 valence electrons. The summed E-state index contributed by atoms with van der Waals surface area (Å²) in [5, 5.41) is 12.1. The van der Waals surface area contributed by atoms with Gasteiger partial charge >= 0.3 is 0 Å². The van der Waals surface area contributed by atoms with Gasteiger partial charge in [0.2, 0.25) is 0 Å². The second-order valence-electron chi connectivity index (χ2n) is 6.26. The molecule has 8 heteroatoms. The van der Waals surface area contributed by atoms with E-state index < -0.39 is 29.0 Å². The van der Waals surface area contributed by atoms with Crippen LogP contribution in [0.1, 0.15) is 30.6 Å². The van der Waals surface area contributed by atoms with Gasteiger partial charge in [0.25, 0.3) is 5.91 Å². The zero-order chi connectivity index (χ0) is 19.5. The first kappa shape index (κ1) is 21.0. The summed E-state index contributed by atoms with van der Waals surface area (Å²) in [6, 6.07) is 6.47. The van der Waals surface area contributed by atoms with Crippen LogP contribution in [0, 0.1) is 21.0 Å². The second kappa shape index (κ2) is 8.62. The van der Waals surface area contributed by atoms with Gasteiger partial charge in [-0.05, 0) is 61.1 Å². The van der Waals surface area contributed by atoms with E-state index in [1.165, 1.54) is 11.8 Å². The van der Waals surface area contributed by atoms with E-state index in [4.69, 9.17) is 0 Å². The second-order valence-corrected chi connectivity index (χ2v) is 8.56. The van der Waals surface area contributed by atoms with E-state index in [2.05, 4.69) is 27.9 Å². The van der Waals surface area contributed by atoms with Crippen LogP contribution in [0.4, 0.5) is 18.9 Å². The van der Waals surface area contributed by atoms with Crippen molar-refractivity contribution in [3.05, 3.63) is 56.9 Å². The van der Waals surface area contributed by atoms with Crippen molar-refractivity contribution in [1.82, 2.24) is 0 Å². The Morgan fingerprint density at radius 3 is 2.38 bits per heavy atom. The number of hydrogen-bond acceptors (Lipinski definition) is 3. The molecule has 2 aromatic rings. The first-order valence-corrected chi connectivity index (χ1v) is 9.74. The minimum absolute atomic E-state index is 0.166. The van der Waals surface area contributed by atoms with Gasteiger partial charge in [0.15, 0.2) is 17.5 Å². The molecule has 0 aliphatic heterocycles. The van der Waals surface area contributed by atoms with Crippen LogP contribution in [0.25, 0.3) is 0 Å². The summed E-state index contributed by atoms with van der Waals surface area (Å²) in [4.78, 5) is 13.2. The van der Waals surface area contributed by atoms with Gasteiger partial charge in [-0.3, -0.25) is 4.79 Å². The maximum atomic E-state index is 13.3. The number of aliphatic hydroxyl groups is 1. The van der Waals surface area contributed by atoms with Gasteiger partial charge in [-0.2, -0.15) is 0 Å². The van der Waals surface area contributed by atoms with Crippen LogP contribution in [0.3, 0.4) is 0 Å². The fourth-order valence-electron chi connectivity index (χ4n) is 2.00. The lowest BCUT2D eigenvalue weighted by Gasteiger charge is -2.16. The molecule has 26 heavy (non-hydrogen) atoms. The Morgan fingerprint density at radius 2 is 1.81 bits per heavy atom. The molecule has 2 aromatic carbocycles. The predicted molar refractivity (Wildman–Crippen MR) is 105 cm³/mol. The molecule has 2 N–H and O–H groups in total. The van der Waals surface area contributed by atoms with Gasteiger partial charge in [0.1, 0.15) is 0 Å².